The van der Waals surface area contributed by atoms with Crippen LogP contribution in [0.5, 0.6) is 0 Å². The lowest BCUT2D eigenvalue weighted by Gasteiger charge is -2.33. The summed E-state index contributed by atoms with van der Waals surface area (Å²) < 4.78 is 12.9. The highest BCUT2D eigenvalue weighted by Crippen LogP contribution is 2.21. The molecule has 1 aromatic rings. The summed E-state index contributed by atoms with van der Waals surface area (Å²) in [5, 5.41) is 8.57. The van der Waals surface area contributed by atoms with Crippen molar-refractivity contribution in [1.82, 2.24) is 9.80 Å². The SMILES string of the molecule is CN(CCC#N)C(=O)C1CCN(C(=O)c2ccc(F)cc2)CC1. The molecule has 0 spiro atoms. The first-order valence-corrected chi connectivity index (χ1v) is 7.69. The monoisotopic (exact) mass is 317 g/mol. The third-order valence-electron chi connectivity index (χ3n) is 4.16. The van der Waals surface area contributed by atoms with E-state index in [0.717, 1.165) is 0 Å². The van der Waals surface area contributed by atoms with Crippen LogP contribution in [-0.4, -0.2) is 48.3 Å². The molecule has 1 aromatic carbocycles. The van der Waals surface area contributed by atoms with Gasteiger partial charge in [-0.05, 0) is 37.1 Å². The Morgan fingerprint density at radius 1 is 1.30 bits per heavy atom. The van der Waals surface area contributed by atoms with Gasteiger partial charge >= 0.3 is 0 Å². The maximum absolute atomic E-state index is 12.9. The van der Waals surface area contributed by atoms with E-state index < -0.39 is 0 Å². The van der Waals surface area contributed by atoms with Gasteiger partial charge in [0.2, 0.25) is 5.91 Å². The number of nitriles is 1. The number of hydrogen-bond donors (Lipinski definition) is 0. The molecule has 5 nitrogen and oxygen atoms in total. The van der Waals surface area contributed by atoms with Crippen LogP contribution < -0.4 is 0 Å². The zero-order chi connectivity index (χ0) is 16.8. The molecule has 0 radical (unpaired) electrons. The first-order valence-electron chi connectivity index (χ1n) is 7.69. The van der Waals surface area contributed by atoms with Gasteiger partial charge in [-0.3, -0.25) is 9.59 Å². The van der Waals surface area contributed by atoms with Crippen LogP contribution in [0.15, 0.2) is 24.3 Å². The zero-order valence-electron chi connectivity index (χ0n) is 13.2. The molecule has 1 aliphatic rings. The number of amides is 2. The van der Waals surface area contributed by atoms with E-state index >= 15 is 0 Å². The van der Waals surface area contributed by atoms with Crippen LogP contribution in [0.1, 0.15) is 29.6 Å². The number of likely N-dealkylation sites (tertiary alicyclic amines) is 1. The van der Waals surface area contributed by atoms with Crippen LogP contribution in [0, 0.1) is 23.1 Å². The number of hydrogen-bond acceptors (Lipinski definition) is 3. The number of piperidine rings is 1. The normalized spacial score (nSPS) is 15.1. The second kappa shape index (κ2) is 7.73. The number of nitrogens with zero attached hydrogens (tertiary/aromatic N) is 3. The topological polar surface area (TPSA) is 64.4 Å². The van der Waals surface area contributed by atoms with Gasteiger partial charge in [-0.2, -0.15) is 5.26 Å². The van der Waals surface area contributed by atoms with Gasteiger partial charge in [-0.15, -0.1) is 0 Å². The smallest absolute Gasteiger partial charge is 0.253 e. The molecule has 0 atom stereocenters. The molecule has 1 fully saturated rings. The molecule has 0 saturated carbocycles. The number of rotatable bonds is 4. The van der Waals surface area contributed by atoms with Crippen molar-refractivity contribution < 1.29 is 14.0 Å². The lowest BCUT2D eigenvalue weighted by Crippen LogP contribution is -2.43. The van der Waals surface area contributed by atoms with E-state index in [2.05, 4.69) is 0 Å². The Labute approximate surface area is 135 Å². The first kappa shape index (κ1) is 16.9. The zero-order valence-corrected chi connectivity index (χ0v) is 13.2. The molecule has 0 N–H and O–H groups in total. The van der Waals surface area contributed by atoms with Crippen LogP contribution in [-0.2, 0) is 4.79 Å². The highest BCUT2D eigenvalue weighted by molar-refractivity contribution is 5.94. The van der Waals surface area contributed by atoms with Gasteiger partial charge in [-0.1, -0.05) is 0 Å². The van der Waals surface area contributed by atoms with Crippen molar-refractivity contribution in [3.8, 4) is 6.07 Å². The second-order valence-electron chi connectivity index (χ2n) is 5.74. The molecule has 0 aromatic heterocycles. The molecule has 1 aliphatic heterocycles. The van der Waals surface area contributed by atoms with Gasteiger partial charge in [0.05, 0.1) is 12.5 Å². The van der Waals surface area contributed by atoms with Gasteiger partial charge in [0.1, 0.15) is 5.82 Å². The van der Waals surface area contributed by atoms with Crippen molar-refractivity contribution in [2.75, 3.05) is 26.7 Å². The number of carbonyl (C=O) groups is 2. The molecule has 0 aliphatic carbocycles. The Bertz CT molecular complexity index is 601. The van der Waals surface area contributed by atoms with E-state index in [1.807, 2.05) is 6.07 Å². The van der Waals surface area contributed by atoms with E-state index in [-0.39, 0.29) is 23.5 Å². The summed E-state index contributed by atoms with van der Waals surface area (Å²) in [4.78, 5) is 27.9. The Hall–Kier alpha value is -2.42. The lowest BCUT2D eigenvalue weighted by atomic mass is 9.95. The summed E-state index contributed by atoms with van der Waals surface area (Å²) >= 11 is 0. The van der Waals surface area contributed by atoms with Gasteiger partial charge in [0.15, 0.2) is 0 Å². The molecule has 2 amide bonds. The van der Waals surface area contributed by atoms with Crippen molar-refractivity contribution >= 4 is 11.8 Å². The van der Waals surface area contributed by atoms with Crippen LogP contribution in [0.4, 0.5) is 4.39 Å². The second-order valence-corrected chi connectivity index (χ2v) is 5.74. The standard InChI is InChI=1S/C17H20FN3O2/c1-20(10-2-9-19)16(22)14-7-11-21(12-8-14)17(23)13-3-5-15(18)6-4-13/h3-6,14H,2,7-8,10-12H2,1H3. The highest BCUT2D eigenvalue weighted by Gasteiger charge is 2.29. The Morgan fingerprint density at radius 3 is 2.48 bits per heavy atom. The fourth-order valence-electron chi connectivity index (χ4n) is 2.74. The summed E-state index contributed by atoms with van der Waals surface area (Å²) in [6.07, 6.45) is 1.55. The van der Waals surface area contributed by atoms with Crippen molar-refractivity contribution in [2.45, 2.75) is 19.3 Å². The van der Waals surface area contributed by atoms with Crippen molar-refractivity contribution in [3.63, 3.8) is 0 Å². The average molecular weight is 317 g/mol. The minimum absolute atomic E-state index is 0.0362. The van der Waals surface area contributed by atoms with Crippen molar-refractivity contribution in [1.29, 1.82) is 5.26 Å². The number of benzene rings is 1. The first-order chi connectivity index (χ1) is 11.0. The van der Waals surface area contributed by atoms with Gasteiger partial charge in [0.25, 0.3) is 5.91 Å². The van der Waals surface area contributed by atoms with Crippen LogP contribution in [0.2, 0.25) is 0 Å². The van der Waals surface area contributed by atoms with Crippen LogP contribution in [0.25, 0.3) is 0 Å². The fraction of sp³-hybridized carbons (Fsp3) is 0.471. The largest absolute Gasteiger partial charge is 0.344 e. The predicted octanol–water partition coefficient (Wildman–Crippen LogP) is 2.05. The Morgan fingerprint density at radius 2 is 1.91 bits per heavy atom. The minimum Gasteiger partial charge on any atom is -0.344 e. The fourth-order valence-corrected chi connectivity index (χ4v) is 2.74. The summed E-state index contributed by atoms with van der Waals surface area (Å²) in [6.45, 7) is 1.46. The third kappa shape index (κ3) is 4.28. The molecule has 23 heavy (non-hydrogen) atoms. The van der Waals surface area contributed by atoms with Gasteiger partial charge < -0.3 is 9.80 Å². The van der Waals surface area contributed by atoms with E-state index in [9.17, 15) is 14.0 Å². The molecular formula is C17H20FN3O2. The molecular weight excluding hydrogens is 297 g/mol. The number of halogens is 1. The molecule has 122 valence electrons. The van der Waals surface area contributed by atoms with Gasteiger partial charge in [0, 0.05) is 38.2 Å². The quantitative estimate of drug-likeness (QED) is 0.854. The molecule has 2 rings (SSSR count). The summed E-state index contributed by atoms with van der Waals surface area (Å²) in [7, 11) is 1.70. The summed E-state index contributed by atoms with van der Waals surface area (Å²) in [6, 6.07) is 7.52. The van der Waals surface area contributed by atoms with Crippen LogP contribution >= 0.6 is 0 Å². The summed E-state index contributed by atoms with van der Waals surface area (Å²) in [5.41, 5.74) is 0.460. The average Bonchev–Trinajstić information content (AvgIpc) is 2.59. The molecule has 1 heterocycles. The van der Waals surface area contributed by atoms with Crippen LogP contribution in [0.3, 0.4) is 0 Å². The third-order valence-corrected chi connectivity index (χ3v) is 4.16. The highest BCUT2D eigenvalue weighted by atomic mass is 19.1. The van der Waals surface area contributed by atoms with E-state index in [1.54, 1.807) is 16.8 Å². The Balaban J connectivity index is 1.88. The van der Waals surface area contributed by atoms with E-state index in [4.69, 9.17) is 5.26 Å². The minimum atomic E-state index is -0.369. The maximum Gasteiger partial charge on any atom is 0.253 e. The Kier molecular flexibility index (Phi) is 5.69. The molecule has 0 bridgehead atoms. The molecule has 6 heteroatoms. The molecule has 0 unspecified atom stereocenters. The lowest BCUT2D eigenvalue weighted by molar-refractivity contribution is -0.135. The maximum atomic E-state index is 12.9. The number of carbonyl (C=O) groups excluding carboxylic acids is 2. The predicted molar refractivity (Wildman–Crippen MR) is 82.9 cm³/mol. The summed E-state index contributed by atoms with van der Waals surface area (Å²) in [5.74, 6) is -0.565. The molecule has 1 saturated heterocycles. The van der Waals surface area contributed by atoms with Crippen molar-refractivity contribution in [3.05, 3.63) is 35.6 Å². The van der Waals surface area contributed by atoms with Crippen molar-refractivity contribution in [2.24, 2.45) is 5.92 Å². The van der Waals surface area contributed by atoms with Gasteiger partial charge in [-0.25, -0.2) is 4.39 Å². The van der Waals surface area contributed by atoms with E-state index in [1.165, 1.54) is 24.3 Å². The van der Waals surface area contributed by atoms with E-state index in [0.29, 0.717) is 44.5 Å².